The first-order chi connectivity index (χ1) is 10.8. The van der Waals surface area contributed by atoms with Gasteiger partial charge in [-0.05, 0) is 30.2 Å². The summed E-state index contributed by atoms with van der Waals surface area (Å²) in [6.07, 6.45) is 1.51. The number of hydrogen-bond donors (Lipinski definition) is 1. The number of rotatable bonds is 4. The summed E-state index contributed by atoms with van der Waals surface area (Å²) in [6.45, 7) is 0. The molecule has 0 aliphatic rings. The molecule has 0 spiro atoms. The van der Waals surface area contributed by atoms with Crippen LogP contribution in [0, 0.1) is 11.6 Å². The summed E-state index contributed by atoms with van der Waals surface area (Å²) in [5, 5.41) is 0. The van der Waals surface area contributed by atoms with Gasteiger partial charge < -0.3 is 15.2 Å². The summed E-state index contributed by atoms with van der Waals surface area (Å²) >= 11 is 0. The molecular formula is C16H17F2N3O2. The Balaban J connectivity index is 2.14. The molecule has 23 heavy (non-hydrogen) atoms. The van der Waals surface area contributed by atoms with E-state index < -0.39 is 23.6 Å². The number of nitrogens with zero attached hydrogens (tertiary/aromatic N) is 2. The summed E-state index contributed by atoms with van der Waals surface area (Å²) in [6, 6.07) is 4.93. The summed E-state index contributed by atoms with van der Waals surface area (Å²) in [5.74, 6) is -1.86. The number of carbonyl (C=O) groups is 1. The molecule has 2 aromatic rings. The molecule has 0 radical (unpaired) electrons. The van der Waals surface area contributed by atoms with Crippen molar-refractivity contribution in [2.24, 2.45) is 12.8 Å². The SMILES string of the molecule is CN(C(=O)[C@@H](N)Cc1cc(F)cc(F)c1)c1ccc(=O)n(C)c1. The largest absolute Gasteiger partial charge is 0.320 e. The second kappa shape index (κ2) is 6.70. The first-order valence-corrected chi connectivity index (χ1v) is 6.92. The quantitative estimate of drug-likeness (QED) is 0.920. The highest BCUT2D eigenvalue weighted by Gasteiger charge is 2.20. The summed E-state index contributed by atoms with van der Waals surface area (Å²) < 4.78 is 27.7. The molecule has 1 aromatic carbocycles. The summed E-state index contributed by atoms with van der Waals surface area (Å²) in [5.41, 5.74) is 6.45. The van der Waals surface area contributed by atoms with Gasteiger partial charge in [-0.3, -0.25) is 9.59 Å². The number of benzene rings is 1. The number of anilines is 1. The molecule has 0 bridgehead atoms. The zero-order valence-corrected chi connectivity index (χ0v) is 12.8. The molecule has 122 valence electrons. The van der Waals surface area contributed by atoms with Crippen LogP contribution in [-0.2, 0) is 18.3 Å². The van der Waals surface area contributed by atoms with Crippen molar-refractivity contribution in [3.63, 3.8) is 0 Å². The number of pyridine rings is 1. The van der Waals surface area contributed by atoms with E-state index in [0.717, 1.165) is 18.2 Å². The van der Waals surface area contributed by atoms with Crippen molar-refractivity contribution >= 4 is 11.6 Å². The molecule has 0 saturated heterocycles. The molecule has 7 heteroatoms. The number of nitrogens with two attached hydrogens (primary N) is 1. The van der Waals surface area contributed by atoms with Gasteiger partial charge in [-0.25, -0.2) is 8.78 Å². The number of aromatic nitrogens is 1. The first-order valence-electron chi connectivity index (χ1n) is 6.92. The third kappa shape index (κ3) is 4.01. The third-order valence-corrected chi connectivity index (χ3v) is 3.48. The van der Waals surface area contributed by atoms with E-state index >= 15 is 0 Å². The van der Waals surface area contributed by atoms with Crippen molar-refractivity contribution < 1.29 is 13.6 Å². The fraction of sp³-hybridized carbons (Fsp3) is 0.250. The molecule has 0 aliphatic carbocycles. The van der Waals surface area contributed by atoms with Crippen molar-refractivity contribution in [2.75, 3.05) is 11.9 Å². The molecule has 1 amide bonds. The minimum absolute atomic E-state index is 0.00359. The van der Waals surface area contributed by atoms with Crippen LogP contribution < -0.4 is 16.2 Å². The Morgan fingerprint density at radius 2 is 1.87 bits per heavy atom. The minimum Gasteiger partial charge on any atom is -0.320 e. The third-order valence-electron chi connectivity index (χ3n) is 3.48. The van der Waals surface area contributed by atoms with Gasteiger partial charge in [0.1, 0.15) is 11.6 Å². The van der Waals surface area contributed by atoms with Crippen LogP contribution in [0.25, 0.3) is 0 Å². The molecule has 1 atom stereocenters. The van der Waals surface area contributed by atoms with Crippen LogP contribution >= 0.6 is 0 Å². The first kappa shape index (κ1) is 16.8. The van der Waals surface area contributed by atoms with Gasteiger partial charge >= 0.3 is 0 Å². The van der Waals surface area contributed by atoms with E-state index in [-0.39, 0.29) is 12.0 Å². The lowest BCUT2D eigenvalue weighted by atomic mass is 10.1. The molecule has 2 rings (SSSR count). The molecule has 0 fully saturated rings. The second-order valence-electron chi connectivity index (χ2n) is 5.32. The highest BCUT2D eigenvalue weighted by Crippen LogP contribution is 2.13. The lowest BCUT2D eigenvalue weighted by molar-refractivity contribution is -0.119. The Morgan fingerprint density at radius 1 is 1.26 bits per heavy atom. The van der Waals surface area contributed by atoms with E-state index in [2.05, 4.69) is 0 Å². The zero-order chi connectivity index (χ0) is 17.1. The Bertz CT molecular complexity index is 769. The molecule has 1 aromatic heterocycles. The van der Waals surface area contributed by atoms with E-state index in [0.29, 0.717) is 11.3 Å². The Morgan fingerprint density at radius 3 is 2.43 bits per heavy atom. The Hall–Kier alpha value is -2.54. The molecule has 0 unspecified atom stereocenters. The van der Waals surface area contributed by atoms with Gasteiger partial charge in [0.05, 0.1) is 11.7 Å². The Labute approximate surface area is 131 Å². The monoisotopic (exact) mass is 321 g/mol. The van der Waals surface area contributed by atoms with Crippen molar-refractivity contribution in [3.05, 3.63) is 64.1 Å². The Kier molecular flexibility index (Phi) is 4.90. The fourth-order valence-corrected chi connectivity index (χ4v) is 2.22. The highest BCUT2D eigenvalue weighted by molar-refractivity contribution is 5.96. The number of likely N-dealkylation sites (N-methyl/N-ethyl adjacent to an activating group) is 1. The number of halogens is 2. The average molecular weight is 321 g/mol. The summed E-state index contributed by atoms with van der Waals surface area (Å²) in [7, 11) is 3.09. The predicted molar refractivity (Wildman–Crippen MR) is 83.1 cm³/mol. The smallest absolute Gasteiger partial charge is 0.250 e. The van der Waals surface area contributed by atoms with Crippen LogP contribution in [0.4, 0.5) is 14.5 Å². The lowest BCUT2D eigenvalue weighted by Gasteiger charge is -2.22. The maximum Gasteiger partial charge on any atom is 0.250 e. The van der Waals surface area contributed by atoms with E-state index in [1.807, 2.05) is 0 Å². The van der Waals surface area contributed by atoms with Crippen LogP contribution in [0.15, 0.2) is 41.3 Å². The van der Waals surface area contributed by atoms with Crippen molar-refractivity contribution in [3.8, 4) is 0 Å². The lowest BCUT2D eigenvalue weighted by Crippen LogP contribution is -2.43. The maximum atomic E-state index is 13.2. The minimum atomic E-state index is -0.960. The van der Waals surface area contributed by atoms with Gasteiger partial charge in [-0.15, -0.1) is 0 Å². The standard InChI is InChI=1S/C16H17F2N3O2/c1-20-9-13(3-4-15(20)22)21(2)16(23)14(19)7-10-5-11(17)8-12(18)6-10/h3-6,8-9,14H,7,19H2,1-2H3/t14-/m0/s1. The average Bonchev–Trinajstić information content (AvgIpc) is 2.47. The molecular weight excluding hydrogens is 304 g/mol. The van der Waals surface area contributed by atoms with Crippen LogP contribution in [0.1, 0.15) is 5.56 Å². The maximum absolute atomic E-state index is 13.2. The van der Waals surface area contributed by atoms with E-state index in [1.54, 1.807) is 7.05 Å². The molecule has 2 N–H and O–H groups in total. The highest BCUT2D eigenvalue weighted by atomic mass is 19.1. The summed E-state index contributed by atoms with van der Waals surface area (Å²) in [4.78, 5) is 25.0. The normalized spacial score (nSPS) is 12.0. The van der Waals surface area contributed by atoms with Crippen molar-refractivity contribution in [1.82, 2.24) is 4.57 Å². The van der Waals surface area contributed by atoms with Crippen LogP contribution in [0.2, 0.25) is 0 Å². The topological polar surface area (TPSA) is 68.3 Å². The molecule has 0 saturated carbocycles. The second-order valence-corrected chi connectivity index (χ2v) is 5.32. The van der Waals surface area contributed by atoms with Gasteiger partial charge in [0.25, 0.3) is 0 Å². The van der Waals surface area contributed by atoms with Crippen LogP contribution in [-0.4, -0.2) is 23.6 Å². The van der Waals surface area contributed by atoms with Crippen molar-refractivity contribution in [1.29, 1.82) is 0 Å². The molecule has 5 nitrogen and oxygen atoms in total. The van der Waals surface area contributed by atoms with Crippen molar-refractivity contribution in [2.45, 2.75) is 12.5 Å². The zero-order valence-electron chi connectivity index (χ0n) is 12.8. The fourth-order valence-electron chi connectivity index (χ4n) is 2.22. The number of amides is 1. The van der Waals surface area contributed by atoms with E-state index in [4.69, 9.17) is 5.73 Å². The molecule has 0 aliphatic heterocycles. The van der Waals surface area contributed by atoms with Gasteiger partial charge in [0.15, 0.2) is 0 Å². The van der Waals surface area contributed by atoms with Gasteiger partial charge in [0, 0.05) is 32.4 Å². The number of carbonyl (C=O) groups excluding carboxylic acids is 1. The van der Waals surface area contributed by atoms with E-state index in [9.17, 15) is 18.4 Å². The number of hydrogen-bond acceptors (Lipinski definition) is 3. The predicted octanol–water partition coefficient (Wildman–Crippen LogP) is 1.20. The molecule has 1 heterocycles. The van der Waals surface area contributed by atoms with Crippen LogP contribution in [0.5, 0.6) is 0 Å². The van der Waals surface area contributed by atoms with Gasteiger partial charge in [-0.1, -0.05) is 0 Å². The van der Waals surface area contributed by atoms with E-state index in [1.165, 1.54) is 34.8 Å². The van der Waals surface area contributed by atoms with Gasteiger partial charge in [-0.2, -0.15) is 0 Å². The van der Waals surface area contributed by atoms with Crippen LogP contribution in [0.3, 0.4) is 0 Å². The van der Waals surface area contributed by atoms with Gasteiger partial charge in [0.2, 0.25) is 11.5 Å². The number of aryl methyl sites for hydroxylation is 1.